The fourth-order valence-corrected chi connectivity index (χ4v) is 4.38. The van der Waals surface area contributed by atoms with Crippen molar-refractivity contribution >= 4 is 39.3 Å². The summed E-state index contributed by atoms with van der Waals surface area (Å²) in [5, 5.41) is 0.509. The monoisotopic (exact) mass is 472 g/mol. The zero-order chi connectivity index (χ0) is 23.1. The first-order valence-electron chi connectivity index (χ1n) is 9.21. The molecule has 0 saturated heterocycles. The first-order chi connectivity index (χ1) is 15.4. The van der Waals surface area contributed by atoms with Crippen molar-refractivity contribution in [3.63, 3.8) is 0 Å². The van der Waals surface area contributed by atoms with Crippen molar-refractivity contribution in [1.82, 2.24) is 15.8 Å². The zero-order valence-corrected chi connectivity index (χ0v) is 18.8. The molecular formula is C21H20N4O5S2. The summed E-state index contributed by atoms with van der Waals surface area (Å²) in [6.45, 7) is 0. The van der Waals surface area contributed by atoms with Gasteiger partial charge < -0.3 is 4.74 Å². The van der Waals surface area contributed by atoms with Gasteiger partial charge >= 0.3 is 0 Å². The van der Waals surface area contributed by atoms with Crippen LogP contribution >= 0.6 is 11.8 Å². The second-order valence-corrected chi connectivity index (χ2v) is 8.78. The summed E-state index contributed by atoms with van der Waals surface area (Å²) in [5.74, 6) is -0.868. The van der Waals surface area contributed by atoms with Crippen LogP contribution in [0.1, 0.15) is 20.7 Å². The molecule has 0 atom stereocenters. The zero-order valence-electron chi connectivity index (χ0n) is 17.2. The molecule has 0 unspecified atom stereocenters. The first-order valence-corrected chi connectivity index (χ1v) is 11.9. The molecule has 2 amide bonds. The van der Waals surface area contributed by atoms with Crippen LogP contribution in [0.3, 0.4) is 0 Å². The maximum Gasteiger partial charge on any atom is 0.272 e. The minimum Gasteiger partial charge on any atom is -0.495 e. The van der Waals surface area contributed by atoms with Gasteiger partial charge in [-0.1, -0.05) is 18.2 Å². The maximum atomic E-state index is 12.8. The molecule has 0 aliphatic heterocycles. The van der Waals surface area contributed by atoms with Gasteiger partial charge in [-0.25, -0.2) is 13.4 Å². The number of nitrogens with zero attached hydrogens (tertiary/aromatic N) is 1. The Balaban J connectivity index is 1.73. The lowest BCUT2D eigenvalue weighted by molar-refractivity contribution is 0.0844. The molecule has 0 fully saturated rings. The third-order valence-corrected chi connectivity index (χ3v) is 6.33. The van der Waals surface area contributed by atoms with E-state index in [0.29, 0.717) is 16.3 Å². The van der Waals surface area contributed by atoms with Crippen molar-refractivity contribution in [3.05, 3.63) is 78.0 Å². The number of ether oxygens (including phenoxy) is 1. The molecule has 0 aliphatic carbocycles. The summed E-state index contributed by atoms with van der Waals surface area (Å²) in [7, 11) is -2.56. The second kappa shape index (κ2) is 10.2. The maximum absolute atomic E-state index is 12.8. The van der Waals surface area contributed by atoms with Crippen LogP contribution in [0.5, 0.6) is 5.75 Å². The molecule has 32 heavy (non-hydrogen) atoms. The predicted molar refractivity (Wildman–Crippen MR) is 121 cm³/mol. The molecule has 9 nitrogen and oxygen atoms in total. The average Bonchev–Trinajstić information content (AvgIpc) is 2.82. The largest absolute Gasteiger partial charge is 0.495 e. The van der Waals surface area contributed by atoms with Gasteiger partial charge in [0, 0.05) is 11.8 Å². The van der Waals surface area contributed by atoms with Gasteiger partial charge in [0.2, 0.25) is 0 Å². The molecule has 1 heterocycles. The van der Waals surface area contributed by atoms with Crippen molar-refractivity contribution in [2.75, 3.05) is 18.1 Å². The Morgan fingerprint density at radius 2 is 1.72 bits per heavy atom. The fourth-order valence-electron chi connectivity index (χ4n) is 2.72. The Hall–Kier alpha value is -3.57. The number of amides is 2. The minimum absolute atomic E-state index is 0.0458. The lowest BCUT2D eigenvalue weighted by atomic mass is 10.2. The molecule has 3 aromatic rings. The first kappa shape index (κ1) is 23.1. The highest BCUT2D eigenvalue weighted by Gasteiger charge is 2.19. The van der Waals surface area contributed by atoms with Crippen molar-refractivity contribution in [2.45, 2.75) is 9.92 Å². The standard InChI is InChI=1S/C21H20N4O5S2/c1-30-18-11-4-3-10-17(18)25-32(28,29)15-8-5-7-14(13-15)19(26)23-24-20(27)16-9-6-12-22-21(16)31-2/h3-13,25H,1-2H3,(H,23,26)(H,24,27). The summed E-state index contributed by atoms with van der Waals surface area (Å²) in [6, 6.07) is 15.2. The highest BCUT2D eigenvalue weighted by molar-refractivity contribution is 7.98. The number of aromatic nitrogens is 1. The van der Waals surface area contributed by atoms with Gasteiger partial charge in [0.25, 0.3) is 21.8 Å². The summed E-state index contributed by atoms with van der Waals surface area (Å²) >= 11 is 1.30. The van der Waals surface area contributed by atoms with Gasteiger partial charge in [0.15, 0.2) is 0 Å². The van der Waals surface area contributed by atoms with Crippen LogP contribution in [0.4, 0.5) is 5.69 Å². The number of para-hydroxylation sites is 2. The number of hydrogen-bond acceptors (Lipinski definition) is 7. The van der Waals surface area contributed by atoms with Crippen LogP contribution in [-0.4, -0.2) is 38.6 Å². The van der Waals surface area contributed by atoms with E-state index in [1.54, 1.807) is 48.9 Å². The molecule has 0 radical (unpaired) electrons. The van der Waals surface area contributed by atoms with Crippen LogP contribution in [0, 0.1) is 0 Å². The van der Waals surface area contributed by atoms with Gasteiger partial charge in [0.05, 0.1) is 23.3 Å². The van der Waals surface area contributed by atoms with Gasteiger partial charge in [-0.15, -0.1) is 11.8 Å². The van der Waals surface area contributed by atoms with Crippen molar-refractivity contribution in [3.8, 4) is 5.75 Å². The van der Waals surface area contributed by atoms with Crippen LogP contribution in [0.2, 0.25) is 0 Å². The van der Waals surface area contributed by atoms with Crippen molar-refractivity contribution in [2.24, 2.45) is 0 Å². The molecule has 3 N–H and O–H groups in total. The van der Waals surface area contributed by atoms with Crippen LogP contribution in [0.15, 0.2) is 76.8 Å². The van der Waals surface area contributed by atoms with E-state index in [1.807, 2.05) is 0 Å². The number of hydrogen-bond donors (Lipinski definition) is 3. The Morgan fingerprint density at radius 3 is 2.47 bits per heavy atom. The Bertz CT molecular complexity index is 1250. The average molecular weight is 473 g/mol. The molecule has 11 heteroatoms. The summed E-state index contributed by atoms with van der Waals surface area (Å²) in [4.78, 5) is 28.8. The molecule has 0 bridgehead atoms. The number of thioether (sulfide) groups is 1. The van der Waals surface area contributed by atoms with Crippen molar-refractivity contribution in [1.29, 1.82) is 0 Å². The topological polar surface area (TPSA) is 126 Å². The number of nitrogens with one attached hydrogen (secondary N) is 3. The van der Waals surface area contributed by atoms with E-state index >= 15 is 0 Å². The molecule has 1 aromatic heterocycles. The SMILES string of the molecule is COc1ccccc1NS(=O)(=O)c1cccc(C(=O)NNC(=O)c2cccnc2SC)c1. The van der Waals surface area contributed by atoms with E-state index in [4.69, 9.17) is 4.74 Å². The quantitative estimate of drug-likeness (QED) is 0.356. The number of anilines is 1. The Labute approximate surface area is 189 Å². The number of pyridine rings is 1. The smallest absolute Gasteiger partial charge is 0.272 e. The number of hydrazine groups is 1. The molecule has 3 rings (SSSR count). The molecule has 0 aliphatic rings. The third kappa shape index (κ3) is 5.37. The minimum atomic E-state index is -3.99. The van der Waals surface area contributed by atoms with Gasteiger partial charge in [-0.05, 0) is 48.7 Å². The molecule has 2 aromatic carbocycles. The molecule has 0 spiro atoms. The number of benzene rings is 2. The lowest BCUT2D eigenvalue weighted by Gasteiger charge is -2.13. The van der Waals surface area contributed by atoms with E-state index in [2.05, 4.69) is 20.6 Å². The van der Waals surface area contributed by atoms with E-state index in [-0.39, 0.29) is 16.1 Å². The van der Waals surface area contributed by atoms with Gasteiger partial charge in [-0.3, -0.25) is 25.2 Å². The highest BCUT2D eigenvalue weighted by Crippen LogP contribution is 2.26. The van der Waals surface area contributed by atoms with E-state index in [1.165, 1.54) is 43.1 Å². The Morgan fingerprint density at radius 1 is 0.969 bits per heavy atom. The van der Waals surface area contributed by atoms with Crippen LogP contribution < -0.4 is 20.3 Å². The van der Waals surface area contributed by atoms with Crippen LogP contribution in [0.25, 0.3) is 0 Å². The predicted octanol–water partition coefficient (Wildman–Crippen LogP) is 2.69. The molecule has 166 valence electrons. The van der Waals surface area contributed by atoms with E-state index in [0.717, 1.165) is 0 Å². The summed E-state index contributed by atoms with van der Waals surface area (Å²) in [6.07, 6.45) is 3.34. The number of sulfonamides is 1. The summed E-state index contributed by atoms with van der Waals surface area (Å²) in [5.41, 5.74) is 5.21. The van der Waals surface area contributed by atoms with E-state index in [9.17, 15) is 18.0 Å². The third-order valence-electron chi connectivity index (χ3n) is 4.26. The van der Waals surface area contributed by atoms with Gasteiger partial charge in [-0.2, -0.15) is 0 Å². The van der Waals surface area contributed by atoms with E-state index < -0.39 is 21.8 Å². The molecule has 0 saturated carbocycles. The molecular weight excluding hydrogens is 452 g/mol. The fraction of sp³-hybridized carbons (Fsp3) is 0.0952. The Kier molecular flexibility index (Phi) is 7.33. The highest BCUT2D eigenvalue weighted by atomic mass is 32.2. The lowest BCUT2D eigenvalue weighted by Crippen LogP contribution is -2.41. The van der Waals surface area contributed by atoms with Crippen molar-refractivity contribution < 1.29 is 22.7 Å². The second-order valence-electron chi connectivity index (χ2n) is 6.30. The normalized spacial score (nSPS) is 10.8. The van der Waals surface area contributed by atoms with Gasteiger partial charge in [0.1, 0.15) is 10.8 Å². The summed E-state index contributed by atoms with van der Waals surface area (Å²) < 4.78 is 33.2. The number of methoxy groups -OCH3 is 1. The number of carbonyl (C=O) groups excluding carboxylic acids is 2. The number of carbonyl (C=O) groups is 2. The number of rotatable bonds is 7. The van der Waals surface area contributed by atoms with Crippen LogP contribution in [-0.2, 0) is 10.0 Å².